The monoisotopic (exact) mass is 518 g/mol. The highest BCUT2D eigenvalue weighted by Crippen LogP contribution is 2.46. The van der Waals surface area contributed by atoms with Gasteiger partial charge < -0.3 is 14.4 Å². The van der Waals surface area contributed by atoms with Crippen molar-refractivity contribution >= 4 is 54.3 Å². The SMILES string of the molecule is CCOc1cc(Br)c(N2C(=NC(=O)[C@H](C)CC)S[C@@H]3CS(=O)(=O)C[C@@H]32)cc1OCC. The number of benzene rings is 1. The van der Waals surface area contributed by atoms with Crippen molar-refractivity contribution in [1.29, 1.82) is 0 Å². The van der Waals surface area contributed by atoms with Crippen molar-refractivity contribution in [2.75, 3.05) is 29.6 Å². The summed E-state index contributed by atoms with van der Waals surface area (Å²) in [7, 11) is -3.14. The van der Waals surface area contributed by atoms with Crippen LogP contribution in [0.5, 0.6) is 11.5 Å². The van der Waals surface area contributed by atoms with Gasteiger partial charge in [-0.25, -0.2) is 8.42 Å². The van der Waals surface area contributed by atoms with E-state index in [-0.39, 0.29) is 34.6 Å². The molecule has 2 aliphatic heterocycles. The van der Waals surface area contributed by atoms with Gasteiger partial charge in [0.1, 0.15) is 0 Å². The van der Waals surface area contributed by atoms with E-state index in [2.05, 4.69) is 20.9 Å². The molecule has 2 heterocycles. The van der Waals surface area contributed by atoms with Gasteiger partial charge in [0, 0.05) is 27.8 Å². The van der Waals surface area contributed by atoms with E-state index in [1.807, 2.05) is 44.7 Å². The number of amides is 1. The molecule has 2 saturated heterocycles. The predicted molar refractivity (Wildman–Crippen MR) is 125 cm³/mol. The van der Waals surface area contributed by atoms with Crippen molar-refractivity contribution in [3.63, 3.8) is 0 Å². The van der Waals surface area contributed by atoms with Crippen LogP contribution in [0.4, 0.5) is 5.69 Å². The van der Waals surface area contributed by atoms with E-state index in [1.165, 1.54) is 11.8 Å². The van der Waals surface area contributed by atoms with E-state index in [9.17, 15) is 13.2 Å². The minimum atomic E-state index is -3.14. The molecule has 3 rings (SSSR count). The number of hydrogen-bond donors (Lipinski definition) is 0. The topological polar surface area (TPSA) is 85.3 Å². The van der Waals surface area contributed by atoms with E-state index in [0.29, 0.717) is 36.3 Å². The van der Waals surface area contributed by atoms with Gasteiger partial charge in [0.25, 0.3) is 5.91 Å². The lowest BCUT2D eigenvalue weighted by molar-refractivity contribution is -0.121. The highest BCUT2D eigenvalue weighted by atomic mass is 79.9. The van der Waals surface area contributed by atoms with E-state index >= 15 is 0 Å². The second kappa shape index (κ2) is 9.48. The third-order valence-corrected chi connectivity index (χ3v) is 9.02. The van der Waals surface area contributed by atoms with Crippen LogP contribution in [0, 0.1) is 5.92 Å². The van der Waals surface area contributed by atoms with Crippen molar-refractivity contribution in [2.45, 2.75) is 45.4 Å². The Labute approximate surface area is 190 Å². The summed E-state index contributed by atoms with van der Waals surface area (Å²) in [5, 5.41) is 0.380. The summed E-state index contributed by atoms with van der Waals surface area (Å²) in [6.45, 7) is 8.53. The zero-order valence-electron chi connectivity index (χ0n) is 17.6. The number of amidine groups is 1. The molecule has 2 aliphatic rings. The van der Waals surface area contributed by atoms with Gasteiger partial charge in [-0.05, 0) is 36.2 Å². The molecule has 166 valence electrons. The molecule has 1 aromatic rings. The van der Waals surface area contributed by atoms with Gasteiger partial charge in [0.05, 0.1) is 36.4 Å². The second-order valence-electron chi connectivity index (χ2n) is 7.33. The average Bonchev–Trinajstić information content (AvgIpc) is 3.14. The van der Waals surface area contributed by atoms with Crippen LogP contribution in [0.1, 0.15) is 34.1 Å². The zero-order chi connectivity index (χ0) is 22.1. The number of thioether (sulfide) groups is 1. The summed E-state index contributed by atoms with van der Waals surface area (Å²) < 4.78 is 36.8. The predicted octanol–water partition coefficient (Wildman–Crippen LogP) is 3.89. The van der Waals surface area contributed by atoms with E-state index in [0.717, 1.165) is 10.2 Å². The molecule has 0 aromatic heterocycles. The van der Waals surface area contributed by atoms with Gasteiger partial charge in [0.2, 0.25) is 0 Å². The fourth-order valence-electron chi connectivity index (χ4n) is 3.47. The molecule has 0 N–H and O–H groups in total. The van der Waals surface area contributed by atoms with Crippen molar-refractivity contribution < 1.29 is 22.7 Å². The summed E-state index contributed by atoms with van der Waals surface area (Å²) in [6, 6.07) is 3.36. The number of fused-ring (bicyclic) bond motifs is 1. The summed E-state index contributed by atoms with van der Waals surface area (Å²) in [5.41, 5.74) is 0.717. The van der Waals surface area contributed by atoms with Crippen molar-refractivity contribution in [3.8, 4) is 11.5 Å². The van der Waals surface area contributed by atoms with Crippen LogP contribution in [0.25, 0.3) is 0 Å². The maximum absolute atomic E-state index is 12.5. The Kier molecular flexibility index (Phi) is 7.40. The molecule has 3 atom stereocenters. The number of carbonyl (C=O) groups excluding carboxylic acids is 1. The van der Waals surface area contributed by atoms with E-state index < -0.39 is 9.84 Å². The van der Waals surface area contributed by atoms with Crippen LogP contribution in [0.15, 0.2) is 21.6 Å². The number of carbonyl (C=O) groups is 1. The molecule has 1 aromatic carbocycles. The van der Waals surface area contributed by atoms with E-state index in [4.69, 9.17) is 9.47 Å². The maximum atomic E-state index is 12.5. The van der Waals surface area contributed by atoms with Crippen molar-refractivity contribution in [1.82, 2.24) is 0 Å². The highest BCUT2D eigenvalue weighted by molar-refractivity contribution is 9.10. The fourth-order valence-corrected chi connectivity index (χ4v) is 7.90. The van der Waals surface area contributed by atoms with Crippen LogP contribution >= 0.6 is 27.7 Å². The molecule has 7 nitrogen and oxygen atoms in total. The number of rotatable bonds is 7. The number of hydrogen-bond acceptors (Lipinski definition) is 6. The number of nitrogens with zero attached hydrogens (tertiary/aromatic N) is 2. The normalized spacial score (nSPS) is 24.7. The molecule has 0 radical (unpaired) electrons. The molecule has 1 amide bonds. The molecule has 2 fully saturated rings. The zero-order valence-corrected chi connectivity index (χ0v) is 20.8. The van der Waals surface area contributed by atoms with Gasteiger partial charge in [-0.3, -0.25) is 4.79 Å². The summed E-state index contributed by atoms with van der Waals surface area (Å²) in [5.74, 6) is 0.908. The molecule has 0 spiro atoms. The van der Waals surface area contributed by atoms with Gasteiger partial charge in [-0.15, -0.1) is 0 Å². The Bertz CT molecular complexity index is 951. The van der Waals surface area contributed by atoms with Crippen LogP contribution in [0.3, 0.4) is 0 Å². The average molecular weight is 519 g/mol. The Balaban J connectivity index is 2.09. The quantitative estimate of drug-likeness (QED) is 0.540. The smallest absolute Gasteiger partial charge is 0.250 e. The summed E-state index contributed by atoms with van der Waals surface area (Å²) >= 11 is 4.97. The van der Waals surface area contributed by atoms with Crippen LogP contribution in [-0.2, 0) is 14.6 Å². The molecule has 30 heavy (non-hydrogen) atoms. The standard InChI is InChI=1S/C20H27BrN2O5S2/c1-5-12(4)19(24)22-20-23(15-10-30(25,26)11-18(15)29-20)14-9-17(28-7-3)16(27-6-2)8-13(14)21/h8-9,12,15,18H,5-7,10-11H2,1-4H3/t12-,15+,18-/m1/s1. The van der Waals surface area contributed by atoms with Crippen LogP contribution in [0.2, 0.25) is 0 Å². The van der Waals surface area contributed by atoms with Gasteiger partial charge in [-0.1, -0.05) is 25.6 Å². The Morgan fingerprint density at radius 3 is 2.47 bits per heavy atom. The second-order valence-corrected chi connectivity index (χ2v) is 11.5. The summed E-state index contributed by atoms with van der Waals surface area (Å²) in [4.78, 5) is 18.8. The third-order valence-electron chi connectivity index (χ3n) is 5.18. The Morgan fingerprint density at radius 1 is 1.23 bits per heavy atom. The lowest BCUT2D eigenvalue weighted by atomic mass is 10.1. The van der Waals surface area contributed by atoms with Crippen LogP contribution in [-0.4, -0.2) is 55.5 Å². The van der Waals surface area contributed by atoms with Gasteiger partial charge >= 0.3 is 0 Å². The lowest BCUT2D eigenvalue weighted by Crippen LogP contribution is -2.38. The Hall–Kier alpha value is -1.26. The third kappa shape index (κ3) is 4.80. The number of ether oxygens (including phenoxy) is 2. The van der Waals surface area contributed by atoms with Crippen molar-refractivity contribution in [2.24, 2.45) is 10.9 Å². The molecular weight excluding hydrogens is 492 g/mol. The minimum Gasteiger partial charge on any atom is -0.490 e. The highest BCUT2D eigenvalue weighted by Gasteiger charge is 2.50. The molecule has 0 aliphatic carbocycles. The first-order valence-electron chi connectivity index (χ1n) is 10.1. The number of aliphatic imine (C=N–C) groups is 1. The molecule has 0 bridgehead atoms. The Morgan fingerprint density at radius 2 is 1.87 bits per heavy atom. The lowest BCUT2D eigenvalue weighted by Gasteiger charge is -2.27. The number of anilines is 1. The largest absolute Gasteiger partial charge is 0.490 e. The van der Waals surface area contributed by atoms with Crippen molar-refractivity contribution in [3.05, 3.63) is 16.6 Å². The first-order chi connectivity index (χ1) is 14.2. The fraction of sp³-hybridized carbons (Fsp3) is 0.600. The summed E-state index contributed by atoms with van der Waals surface area (Å²) in [6.07, 6.45) is 0.697. The molecular formula is C20H27BrN2O5S2. The maximum Gasteiger partial charge on any atom is 0.250 e. The first-order valence-corrected chi connectivity index (χ1v) is 13.6. The number of sulfone groups is 1. The molecule has 0 saturated carbocycles. The number of halogens is 1. The van der Waals surface area contributed by atoms with E-state index in [1.54, 1.807) is 0 Å². The van der Waals surface area contributed by atoms with Crippen LogP contribution < -0.4 is 14.4 Å². The first kappa shape index (κ1) is 23.4. The van der Waals surface area contributed by atoms with Gasteiger partial charge in [0.15, 0.2) is 26.5 Å². The minimum absolute atomic E-state index is 0.0326. The molecule has 0 unspecified atom stereocenters. The van der Waals surface area contributed by atoms with Gasteiger partial charge in [-0.2, -0.15) is 4.99 Å². The molecule has 10 heteroatoms.